The van der Waals surface area contributed by atoms with E-state index in [1.165, 1.54) is 15.3 Å². The Hall–Kier alpha value is -2.67. The van der Waals surface area contributed by atoms with Crippen LogP contribution in [0.1, 0.15) is 20.9 Å². The minimum absolute atomic E-state index is 0.972. The third kappa shape index (κ3) is 3.62. The van der Waals surface area contributed by atoms with Gasteiger partial charge in [0.2, 0.25) is 0 Å². The van der Waals surface area contributed by atoms with E-state index < -0.39 is 0 Å². The second-order valence-corrected chi connectivity index (χ2v) is 8.38. The Morgan fingerprint density at radius 2 is 1.54 bits per heavy atom. The molecule has 0 amide bonds. The normalized spacial score (nSPS) is 10.4. The summed E-state index contributed by atoms with van der Waals surface area (Å²) in [5.74, 6) is 6.63. The molecular weight excluding hydrogens is 354 g/mol. The topological polar surface area (TPSA) is 12.9 Å². The van der Waals surface area contributed by atoms with Crippen molar-refractivity contribution in [2.24, 2.45) is 0 Å². The third-order valence-electron chi connectivity index (χ3n) is 4.00. The van der Waals surface area contributed by atoms with Gasteiger partial charge in [-0.15, -0.1) is 22.7 Å². The first kappa shape index (κ1) is 16.8. The van der Waals surface area contributed by atoms with Crippen molar-refractivity contribution >= 4 is 22.7 Å². The van der Waals surface area contributed by atoms with Crippen molar-refractivity contribution in [2.75, 3.05) is 0 Å². The molecule has 0 spiro atoms. The molecule has 0 bridgehead atoms. The molecule has 0 atom stereocenters. The molecule has 4 aromatic rings. The SMILES string of the molecule is Cc1ccc(-c2nc(-c3ccc(C)s3)sc2C#Cc2ccccc2)cc1. The summed E-state index contributed by atoms with van der Waals surface area (Å²) in [6, 6.07) is 22.9. The molecule has 0 saturated heterocycles. The van der Waals surface area contributed by atoms with E-state index in [4.69, 9.17) is 4.98 Å². The summed E-state index contributed by atoms with van der Waals surface area (Å²) >= 11 is 3.44. The van der Waals surface area contributed by atoms with Gasteiger partial charge in [0.15, 0.2) is 0 Å². The summed E-state index contributed by atoms with van der Waals surface area (Å²) in [5, 5.41) is 1.04. The lowest BCUT2D eigenvalue weighted by Gasteiger charge is -1.99. The molecule has 0 radical (unpaired) electrons. The van der Waals surface area contributed by atoms with Crippen LogP contribution in [0.25, 0.3) is 21.1 Å². The molecule has 4 rings (SSSR count). The number of thiazole rings is 1. The number of thiophene rings is 1. The molecule has 0 fully saturated rings. The zero-order valence-electron chi connectivity index (χ0n) is 14.6. The minimum Gasteiger partial charge on any atom is -0.234 e. The highest BCUT2D eigenvalue weighted by Gasteiger charge is 2.14. The van der Waals surface area contributed by atoms with E-state index in [-0.39, 0.29) is 0 Å². The molecule has 0 saturated carbocycles. The van der Waals surface area contributed by atoms with E-state index in [0.717, 1.165) is 26.7 Å². The predicted octanol–water partition coefficient (Wildman–Crippen LogP) is 6.56. The van der Waals surface area contributed by atoms with Crippen LogP contribution in [0.4, 0.5) is 0 Å². The Bertz CT molecular complexity index is 1090. The van der Waals surface area contributed by atoms with E-state index in [1.807, 2.05) is 30.3 Å². The maximum absolute atomic E-state index is 4.93. The van der Waals surface area contributed by atoms with Crippen molar-refractivity contribution in [3.63, 3.8) is 0 Å². The van der Waals surface area contributed by atoms with E-state index in [9.17, 15) is 0 Å². The van der Waals surface area contributed by atoms with Gasteiger partial charge in [0.05, 0.1) is 10.6 Å². The Balaban J connectivity index is 1.81. The minimum atomic E-state index is 0.972. The lowest BCUT2D eigenvalue weighted by molar-refractivity contribution is 1.39. The van der Waals surface area contributed by atoms with Gasteiger partial charge in [0, 0.05) is 16.0 Å². The van der Waals surface area contributed by atoms with Crippen molar-refractivity contribution < 1.29 is 0 Å². The summed E-state index contributed by atoms with van der Waals surface area (Å²) in [6.45, 7) is 4.22. The number of hydrogen-bond acceptors (Lipinski definition) is 3. The molecule has 0 N–H and O–H groups in total. The second kappa shape index (κ2) is 7.29. The highest BCUT2D eigenvalue weighted by atomic mass is 32.1. The first-order chi connectivity index (χ1) is 12.7. The van der Waals surface area contributed by atoms with Crippen LogP contribution < -0.4 is 0 Å². The van der Waals surface area contributed by atoms with Gasteiger partial charge in [-0.2, -0.15) is 0 Å². The molecule has 0 aliphatic heterocycles. The third-order valence-corrected chi connectivity index (χ3v) is 6.14. The zero-order chi connectivity index (χ0) is 17.9. The summed E-state index contributed by atoms with van der Waals surface area (Å²) in [4.78, 5) is 8.44. The molecule has 2 aromatic carbocycles. The molecule has 0 aliphatic carbocycles. The Morgan fingerprint density at radius 3 is 2.23 bits per heavy atom. The maximum Gasteiger partial charge on any atom is 0.135 e. The number of aromatic nitrogens is 1. The van der Waals surface area contributed by atoms with Gasteiger partial charge in [0.25, 0.3) is 0 Å². The molecule has 3 heteroatoms. The van der Waals surface area contributed by atoms with Crippen molar-refractivity contribution in [3.8, 4) is 33.0 Å². The number of hydrogen-bond donors (Lipinski definition) is 0. The summed E-state index contributed by atoms with van der Waals surface area (Å²) < 4.78 is 0. The summed E-state index contributed by atoms with van der Waals surface area (Å²) in [7, 11) is 0. The van der Waals surface area contributed by atoms with Crippen LogP contribution >= 0.6 is 22.7 Å². The molecule has 2 heterocycles. The van der Waals surface area contributed by atoms with Crippen LogP contribution in [-0.2, 0) is 0 Å². The fraction of sp³-hybridized carbons (Fsp3) is 0.0870. The highest BCUT2D eigenvalue weighted by Crippen LogP contribution is 2.36. The smallest absolute Gasteiger partial charge is 0.135 e. The average Bonchev–Trinajstić information content (AvgIpc) is 3.28. The molecule has 2 aromatic heterocycles. The molecular formula is C23H17NS2. The number of aryl methyl sites for hydroxylation is 2. The van der Waals surface area contributed by atoms with Gasteiger partial charge in [-0.1, -0.05) is 53.9 Å². The zero-order valence-corrected chi connectivity index (χ0v) is 16.2. The van der Waals surface area contributed by atoms with Crippen molar-refractivity contribution in [1.82, 2.24) is 4.98 Å². The van der Waals surface area contributed by atoms with E-state index >= 15 is 0 Å². The van der Waals surface area contributed by atoms with Crippen LogP contribution in [0.3, 0.4) is 0 Å². The molecule has 126 valence electrons. The lowest BCUT2D eigenvalue weighted by Crippen LogP contribution is -1.82. The predicted molar refractivity (Wildman–Crippen MR) is 113 cm³/mol. The Morgan fingerprint density at radius 1 is 0.769 bits per heavy atom. The Labute approximate surface area is 162 Å². The first-order valence-electron chi connectivity index (χ1n) is 8.41. The van der Waals surface area contributed by atoms with Crippen LogP contribution in [0.2, 0.25) is 0 Å². The van der Waals surface area contributed by atoms with Crippen molar-refractivity contribution in [1.29, 1.82) is 0 Å². The molecule has 26 heavy (non-hydrogen) atoms. The number of benzene rings is 2. The van der Waals surface area contributed by atoms with E-state index in [2.05, 4.69) is 62.1 Å². The van der Waals surface area contributed by atoms with Crippen molar-refractivity contribution in [3.05, 3.63) is 87.6 Å². The molecule has 0 aliphatic rings. The van der Waals surface area contributed by atoms with Gasteiger partial charge in [-0.3, -0.25) is 0 Å². The van der Waals surface area contributed by atoms with Gasteiger partial charge in [-0.25, -0.2) is 4.98 Å². The summed E-state index contributed by atoms with van der Waals surface area (Å²) in [5.41, 5.74) is 4.35. The maximum atomic E-state index is 4.93. The van der Waals surface area contributed by atoms with Crippen LogP contribution in [0.15, 0.2) is 66.7 Å². The van der Waals surface area contributed by atoms with Crippen LogP contribution in [0.5, 0.6) is 0 Å². The monoisotopic (exact) mass is 371 g/mol. The van der Waals surface area contributed by atoms with E-state index in [1.54, 1.807) is 22.7 Å². The quantitative estimate of drug-likeness (QED) is 0.364. The average molecular weight is 372 g/mol. The fourth-order valence-electron chi connectivity index (χ4n) is 2.62. The van der Waals surface area contributed by atoms with Gasteiger partial charge in [-0.05, 0) is 44.0 Å². The molecule has 0 unspecified atom stereocenters. The van der Waals surface area contributed by atoms with Crippen LogP contribution in [-0.4, -0.2) is 4.98 Å². The van der Waals surface area contributed by atoms with Crippen LogP contribution in [0, 0.1) is 25.7 Å². The Kier molecular flexibility index (Phi) is 4.71. The second-order valence-electron chi connectivity index (χ2n) is 6.09. The summed E-state index contributed by atoms with van der Waals surface area (Å²) in [6.07, 6.45) is 0. The fourth-order valence-corrected chi connectivity index (χ4v) is 4.48. The number of rotatable bonds is 2. The van der Waals surface area contributed by atoms with Gasteiger partial charge in [0.1, 0.15) is 9.88 Å². The number of nitrogens with zero attached hydrogens (tertiary/aromatic N) is 1. The largest absolute Gasteiger partial charge is 0.234 e. The lowest BCUT2D eigenvalue weighted by atomic mass is 10.1. The standard InChI is InChI=1S/C23H17NS2/c1-16-8-12-19(13-9-16)22-20(15-11-18-6-4-3-5-7-18)26-23(24-22)21-14-10-17(2)25-21/h3-10,12-14H,1-2H3. The highest BCUT2D eigenvalue weighted by molar-refractivity contribution is 7.22. The first-order valence-corrected chi connectivity index (χ1v) is 10.0. The van der Waals surface area contributed by atoms with E-state index in [0.29, 0.717) is 0 Å². The van der Waals surface area contributed by atoms with Crippen molar-refractivity contribution in [2.45, 2.75) is 13.8 Å². The van der Waals surface area contributed by atoms with Gasteiger partial charge < -0.3 is 0 Å². The van der Waals surface area contributed by atoms with Gasteiger partial charge >= 0.3 is 0 Å². The molecule has 1 nitrogen and oxygen atoms in total.